The van der Waals surface area contributed by atoms with Crippen molar-refractivity contribution >= 4 is 11.8 Å². The van der Waals surface area contributed by atoms with Crippen molar-refractivity contribution in [2.75, 3.05) is 26.2 Å². The highest BCUT2D eigenvalue weighted by atomic mass is 16.6. The average Bonchev–Trinajstić information content (AvgIpc) is 3.05. The van der Waals surface area contributed by atoms with E-state index in [1.807, 2.05) is 36.4 Å². The fraction of sp³-hybridized carbons (Fsp3) is 0.440. The number of imide groups is 1. The lowest BCUT2D eigenvalue weighted by molar-refractivity contribution is 0.0609. The number of hydrogen-bond donors (Lipinski definition) is 1. The van der Waals surface area contributed by atoms with Gasteiger partial charge >= 0.3 is 0 Å². The van der Waals surface area contributed by atoms with Crippen molar-refractivity contribution in [2.45, 2.75) is 31.8 Å². The van der Waals surface area contributed by atoms with Crippen molar-refractivity contribution in [3.05, 3.63) is 59.7 Å². The van der Waals surface area contributed by atoms with E-state index in [0.717, 1.165) is 50.3 Å². The van der Waals surface area contributed by atoms with E-state index < -0.39 is 0 Å². The minimum absolute atomic E-state index is 0.0278. The molecule has 5 rings (SSSR count). The van der Waals surface area contributed by atoms with Crippen molar-refractivity contribution in [3.63, 3.8) is 0 Å². The second kappa shape index (κ2) is 8.71. The van der Waals surface area contributed by atoms with E-state index in [9.17, 15) is 9.59 Å². The van der Waals surface area contributed by atoms with Gasteiger partial charge in [0.2, 0.25) is 0 Å². The summed E-state index contributed by atoms with van der Waals surface area (Å²) in [5.41, 5.74) is 1.09. The van der Waals surface area contributed by atoms with E-state index in [-0.39, 0.29) is 17.9 Å². The molecule has 6 heteroatoms. The van der Waals surface area contributed by atoms with Crippen LogP contribution < -0.4 is 14.8 Å². The first-order valence-corrected chi connectivity index (χ1v) is 11.2. The Kier molecular flexibility index (Phi) is 5.64. The van der Waals surface area contributed by atoms with Gasteiger partial charge in [0.25, 0.3) is 11.8 Å². The minimum atomic E-state index is -0.138. The van der Waals surface area contributed by atoms with Crippen molar-refractivity contribution in [2.24, 2.45) is 11.8 Å². The summed E-state index contributed by atoms with van der Waals surface area (Å²) in [6.07, 6.45) is 4.36. The molecule has 1 fully saturated rings. The van der Waals surface area contributed by atoms with Crippen LogP contribution in [-0.2, 0) is 0 Å². The monoisotopic (exact) mass is 420 g/mol. The molecule has 0 saturated heterocycles. The first-order chi connectivity index (χ1) is 15.2. The first kappa shape index (κ1) is 20.1. The summed E-state index contributed by atoms with van der Waals surface area (Å²) >= 11 is 0. The SMILES string of the molecule is O=C1c2ccccc2C(=O)N1CC1CCC(CNCC2COc3ccccc3O2)CC1. The molecule has 0 radical (unpaired) electrons. The number of hydrogen-bond acceptors (Lipinski definition) is 5. The average molecular weight is 421 g/mol. The molecular formula is C25H28N2O4. The molecule has 1 unspecified atom stereocenters. The highest BCUT2D eigenvalue weighted by Crippen LogP contribution is 2.32. The van der Waals surface area contributed by atoms with Crippen LogP contribution in [0.3, 0.4) is 0 Å². The van der Waals surface area contributed by atoms with Crippen LogP contribution in [0, 0.1) is 11.8 Å². The minimum Gasteiger partial charge on any atom is -0.486 e. The summed E-state index contributed by atoms with van der Waals surface area (Å²) < 4.78 is 11.8. The molecule has 6 nitrogen and oxygen atoms in total. The highest BCUT2D eigenvalue weighted by molar-refractivity contribution is 6.21. The summed E-state index contributed by atoms with van der Waals surface area (Å²) in [6.45, 7) is 2.83. The lowest BCUT2D eigenvalue weighted by Gasteiger charge is -2.31. The number of nitrogens with one attached hydrogen (secondary N) is 1. The van der Waals surface area contributed by atoms with Gasteiger partial charge in [-0.25, -0.2) is 0 Å². The molecule has 2 aliphatic heterocycles. The quantitative estimate of drug-likeness (QED) is 0.725. The summed E-state index contributed by atoms with van der Waals surface area (Å²) in [6, 6.07) is 14.9. The van der Waals surface area contributed by atoms with Crippen LogP contribution in [0.1, 0.15) is 46.4 Å². The molecule has 0 spiro atoms. The lowest BCUT2D eigenvalue weighted by atomic mass is 9.81. The van der Waals surface area contributed by atoms with Crippen LogP contribution in [0.4, 0.5) is 0 Å². The number of para-hydroxylation sites is 2. The summed E-state index contributed by atoms with van der Waals surface area (Å²) in [5, 5.41) is 3.55. The molecule has 1 atom stereocenters. The molecule has 0 bridgehead atoms. The molecule has 2 amide bonds. The summed E-state index contributed by atoms with van der Waals surface area (Å²) in [4.78, 5) is 26.6. The Hall–Kier alpha value is -2.86. The Bertz CT molecular complexity index is 932. The van der Waals surface area contributed by atoms with E-state index in [1.54, 1.807) is 12.1 Å². The van der Waals surface area contributed by atoms with Crippen LogP contribution in [0.5, 0.6) is 11.5 Å². The Morgan fingerprint density at radius 2 is 1.42 bits per heavy atom. The summed E-state index contributed by atoms with van der Waals surface area (Å²) in [5.74, 6) is 2.37. The standard InChI is InChI=1S/C25H28N2O4/c28-24-20-5-1-2-6-21(20)25(29)27(24)15-18-11-9-17(10-12-18)13-26-14-19-16-30-22-7-3-4-8-23(22)31-19/h1-8,17-19,26H,9-16H2. The fourth-order valence-electron chi connectivity index (χ4n) is 4.89. The van der Waals surface area contributed by atoms with Gasteiger partial charge in [-0.2, -0.15) is 0 Å². The number of amides is 2. The van der Waals surface area contributed by atoms with Gasteiger partial charge in [0.15, 0.2) is 11.5 Å². The molecule has 162 valence electrons. The Morgan fingerprint density at radius 3 is 2.13 bits per heavy atom. The number of rotatable bonds is 6. The zero-order chi connectivity index (χ0) is 21.2. The predicted molar refractivity (Wildman–Crippen MR) is 116 cm³/mol. The van der Waals surface area contributed by atoms with E-state index in [1.165, 1.54) is 4.90 Å². The van der Waals surface area contributed by atoms with Gasteiger partial charge in [-0.15, -0.1) is 0 Å². The van der Waals surface area contributed by atoms with Crippen LogP contribution in [-0.4, -0.2) is 49.1 Å². The smallest absolute Gasteiger partial charge is 0.261 e. The van der Waals surface area contributed by atoms with Gasteiger partial charge in [0.05, 0.1) is 11.1 Å². The molecule has 1 saturated carbocycles. The number of carbonyl (C=O) groups excluding carboxylic acids is 2. The van der Waals surface area contributed by atoms with E-state index in [2.05, 4.69) is 5.32 Å². The zero-order valence-electron chi connectivity index (χ0n) is 17.6. The molecule has 0 aromatic heterocycles. The maximum absolute atomic E-state index is 12.6. The molecule has 1 aliphatic carbocycles. The third-order valence-corrected chi connectivity index (χ3v) is 6.66. The van der Waals surface area contributed by atoms with E-state index in [0.29, 0.717) is 36.1 Å². The van der Waals surface area contributed by atoms with E-state index >= 15 is 0 Å². The van der Waals surface area contributed by atoms with Gasteiger partial charge < -0.3 is 14.8 Å². The number of nitrogens with zero attached hydrogens (tertiary/aromatic N) is 1. The zero-order valence-corrected chi connectivity index (χ0v) is 17.6. The van der Waals surface area contributed by atoms with Crippen molar-refractivity contribution in [1.29, 1.82) is 0 Å². The molecule has 2 heterocycles. The Balaban J connectivity index is 1.04. The van der Waals surface area contributed by atoms with Crippen molar-refractivity contribution in [3.8, 4) is 11.5 Å². The molecule has 31 heavy (non-hydrogen) atoms. The highest BCUT2D eigenvalue weighted by Gasteiger charge is 2.37. The predicted octanol–water partition coefficient (Wildman–Crippen LogP) is 3.52. The lowest BCUT2D eigenvalue weighted by Crippen LogP contribution is -2.41. The Labute approximate surface area is 182 Å². The normalized spacial score (nSPS) is 24.9. The number of ether oxygens (including phenoxy) is 2. The third kappa shape index (κ3) is 4.17. The van der Waals surface area contributed by atoms with Crippen LogP contribution in [0.2, 0.25) is 0 Å². The largest absolute Gasteiger partial charge is 0.486 e. The number of fused-ring (bicyclic) bond motifs is 2. The molecule has 2 aromatic rings. The van der Waals surface area contributed by atoms with E-state index in [4.69, 9.17) is 9.47 Å². The van der Waals surface area contributed by atoms with Gasteiger partial charge in [-0.1, -0.05) is 24.3 Å². The second-order valence-corrected chi connectivity index (χ2v) is 8.81. The Morgan fingerprint density at radius 1 is 0.806 bits per heavy atom. The first-order valence-electron chi connectivity index (χ1n) is 11.2. The fourth-order valence-corrected chi connectivity index (χ4v) is 4.89. The van der Waals surface area contributed by atoms with Crippen LogP contribution in [0.25, 0.3) is 0 Å². The van der Waals surface area contributed by atoms with Crippen LogP contribution in [0.15, 0.2) is 48.5 Å². The second-order valence-electron chi connectivity index (χ2n) is 8.81. The van der Waals surface area contributed by atoms with Gasteiger partial charge in [0.1, 0.15) is 12.7 Å². The third-order valence-electron chi connectivity index (χ3n) is 6.66. The number of benzene rings is 2. The van der Waals surface area contributed by atoms with Crippen molar-refractivity contribution in [1.82, 2.24) is 10.2 Å². The maximum atomic E-state index is 12.6. The van der Waals surface area contributed by atoms with Crippen LogP contribution >= 0.6 is 0 Å². The molecule has 3 aliphatic rings. The maximum Gasteiger partial charge on any atom is 0.261 e. The number of carbonyl (C=O) groups is 2. The molecular weight excluding hydrogens is 392 g/mol. The molecule has 1 N–H and O–H groups in total. The van der Waals surface area contributed by atoms with Gasteiger partial charge in [-0.3, -0.25) is 14.5 Å². The topological polar surface area (TPSA) is 67.9 Å². The van der Waals surface area contributed by atoms with Crippen molar-refractivity contribution < 1.29 is 19.1 Å². The van der Waals surface area contributed by atoms with Gasteiger partial charge in [-0.05, 0) is 68.3 Å². The molecule has 2 aromatic carbocycles. The van der Waals surface area contributed by atoms with Gasteiger partial charge in [0, 0.05) is 13.1 Å². The summed E-state index contributed by atoms with van der Waals surface area (Å²) in [7, 11) is 0.